The zero-order chi connectivity index (χ0) is 16.2. The van der Waals surface area contributed by atoms with Crippen LogP contribution < -0.4 is 5.32 Å². The predicted molar refractivity (Wildman–Crippen MR) is 95.2 cm³/mol. The monoisotopic (exact) mass is 322 g/mol. The van der Waals surface area contributed by atoms with Crippen molar-refractivity contribution in [2.75, 3.05) is 5.32 Å². The number of rotatable bonds is 4. The van der Waals surface area contributed by atoms with Crippen molar-refractivity contribution in [2.45, 2.75) is 20.3 Å². The highest BCUT2D eigenvalue weighted by Crippen LogP contribution is 2.22. The summed E-state index contributed by atoms with van der Waals surface area (Å²) in [6.45, 7) is 4.06. The maximum Gasteiger partial charge on any atom is 0.257 e. The maximum absolute atomic E-state index is 12.2. The van der Waals surface area contributed by atoms with E-state index in [0.717, 1.165) is 16.9 Å². The van der Waals surface area contributed by atoms with Crippen molar-refractivity contribution in [3.63, 3.8) is 0 Å². The van der Waals surface area contributed by atoms with Crippen molar-refractivity contribution in [2.24, 2.45) is 0 Å². The van der Waals surface area contributed by atoms with E-state index in [2.05, 4.69) is 41.5 Å². The number of thiazole rings is 1. The van der Waals surface area contributed by atoms with Gasteiger partial charge in [-0.2, -0.15) is 0 Å². The van der Waals surface area contributed by atoms with Crippen LogP contribution in [0.5, 0.6) is 0 Å². The number of benzene rings is 2. The van der Waals surface area contributed by atoms with Crippen molar-refractivity contribution in [3.8, 4) is 0 Å². The normalized spacial score (nSPS) is 10.5. The molecule has 23 heavy (non-hydrogen) atoms. The van der Waals surface area contributed by atoms with E-state index >= 15 is 0 Å². The SMILES string of the molecule is Cc1cccc(Cc2cnc(NC(=O)c3cccc(C)c3)s2)c1. The summed E-state index contributed by atoms with van der Waals surface area (Å²) < 4.78 is 0. The molecule has 1 N–H and O–H groups in total. The van der Waals surface area contributed by atoms with Crippen LogP contribution in [0.3, 0.4) is 0 Å². The molecular weight excluding hydrogens is 304 g/mol. The Morgan fingerprint density at radius 2 is 1.83 bits per heavy atom. The van der Waals surface area contributed by atoms with Crippen LogP contribution >= 0.6 is 11.3 Å². The first-order valence-corrected chi connectivity index (χ1v) is 8.30. The van der Waals surface area contributed by atoms with Crippen LogP contribution in [-0.4, -0.2) is 10.9 Å². The quantitative estimate of drug-likeness (QED) is 0.762. The number of carbonyl (C=O) groups is 1. The van der Waals surface area contributed by atoms with Crippen LogP contribution in [0.1, 0.15) is 31.9 Å². The third-order valence-corrected chi connectivity index (χ3v) is 4.43. The molecule has 0 atom stereocenters. The lowest BCUT2D eigenvalue weighted by Gasteiger charge is -2.02. The van der Waals surface area contributed by atoms with Crippen molar-refractivity contribution in [3.05, 3.63) is 81.9 Å². The predicted octanol–water partition coefficient (Wildman–Crippen LogP) is 4.60. The molecule has 0 aliphatic heterocycles. The highest BCUT2D eigenvalue weighted by atomic mass is 32.1. The third kappa shape index (κ3) is 4.05. The largest absolute Gasteiger partial charge is 0.298 e. The van der Waals surface area contributed by atoms with Crippen molar-refractivity contribution in [1.29, 1.82) is 0 Å². The van der Waals surface area contributed by atoms with E-state index in [1.54, 1.807) is 0 Å². The Bertz CT molecular complexity index is 839. The Hall–Kier alpha value is -2.46. The molecule has 3 aromatic rings. The molecule has 0 fully saturated rings. The Kier molecular flexibility index (Phi) is 4.53. The molecule has 3 nitrogen and oxygen atoms in total. The fraction of sp³-hybridized carbons (Fsp3) is 0.158. The molecule has 2 aromatic carbocycles. The van der Waals surface area contributed by atoms with Gasteiger partial charge in [0.25, 0.3) is 5.91 Å². The number of nitrogens with one attached hydrogen (secondary N) is 1. The lowest BCUT2D eigenvalue weighted by Crippen LogP contribution is -2.11. The van der Waals surface area contributed by atoms with E-state index in [1.165, 1.54) is 22.5 Å². The maximum atomic E-state index is 12.2. The Morgan fingerprint density at radius 3 is 2.57 bits per heavy atom. The number of amides is 1. The van der Waals surface area contributed by atoms with E-state index in [9.17, 15) is 4.79 Å². The van der Waals surface area contributed by atoms with Gasteiger partial charge in [0.2, 0.25) is 0 Å². The van der Waals surface area contributed by atoms with E-state index in [4.69, 9.17) is 0 Å². The minimum absolute atomic E-state index is 0.120. The van der Waals surface area contributed by atoms with Crippen LogP contribution in [0.2, 0.25) is 0 Å². The fourth-order valence-corrected chi connectivity index (χ4v) is 3.27. The first kappa shape index (κ1) is 15.4. The van der Waals surface area contributed by atoms with Gasteiger partial charge in [-0.1, -0.05) is 47.5 Å². The van der Waals surface area contributed by atoms with Gasteiger partial charge in [-0.25, -0.2) is 4.98 Å². The van der Waals surface area contributed by atoms with Crippen molar-refractivity contribution < 1.29 is 4.79 Å². The second-order valence-electron chi connectivity index (χ2n) is 5.62. The number of hydrogen-bond acceptors (Lipinski definition) is 3. The first-order valence-electron chi connectivity index (χ1n) is 7.48. The molecule has 1 heterocycles. The molecule has 0 spiro atoms. The van der Waals surface area contributed by atoms with Crippen LogP contribution in [0.25, 0.3) is 0 Å². The Labute approximate surface area is 140 Å². The summed E-state index contributed by atoms with van der Waals surface area (Å²) in [5.41, 5.74) is 4.22. The van der Waals surface area contributed by atoms with E-state index in [-0.39, 0.29) is 5.91 Å². The standard InChI is InChI=1S/C19H18N2OS/c1-13-5-3-7-15(9-13)11-17-12-20-19(23-17)21-18(22)16-8-4-6-14(2)10-16/h3-10,12H,11H2,1-2H3,(H,20,21,22). The Morgan fingerprint density at radius 1 is 1.09 bits per heavy atom. The molecule has 0 unspecified atom stereocenters. The fourth-order valence-electron chi connectivity index (χ4n) is 2.43. The van der Waals surface area contributed by atoms with Crippen LogP contribution in [-0.2, 0) is 6.42 Å². The summed E-state index contributed by atoms with van der Waals surface area (Å²) in [6, 6.07) is 16.0. The van der Waals surface area contributed by atoms with Gasteiger partial charge in [0.1, 0.15) is 0 Å². The van der Waals surface area contributed by atoms with Gasteiger partial charge in [0, 0.05) is 23.1 Å². The van der Waals surface area contributed by atoms with Crippen LogP contribution in [0.4, 0.5) is 5.13 Å². The van der Waals surface area contributed by atoms with Crippen molar-refractivity contribution >= 4 is 22.4 Å². The molecule has 116 valence electrons. The zero-order valence-electron chi connectivity index (χ0n) is 13.2. The molecule has 1 aromatic heterocycles. The molecule has 1 amide bonds. The second kappa shape index (κ2) is 6.75. The van der Waals surface area contributed by atoms with Crippen molar-refractivity contribution in [1.82, 2.24) is 4.98 Å². The summed E-state index contributed by atoms with van der Waals surface area (Å²) in [5, 5.41) is 3.51. The number of carbonyl (C=O) groups excluding carboxylic acids is 1. The number of anilines is 1. The summed E-state index contributed by atoms with van der Waals surface area (Å²) in [5.74, 6) is -0.120. The Balaban J connectivity index is 1.68. The highest BCUT2D eigenvalue weighted by Gasteiger charge is 2.09. The summed E-state index contributed by atoms with van der Waals surface area (Å²) in [7, 11) is 0. The number of aromatic nitrogens is 1. The molecule has 4 heteroatoms. The van der Waals surface area contributed by atoms with E-state index in [0.29, 0.717) is 10.7 Å². The summed E-state index contributed by atoms with van der Waals surface area (Å²) in [6.07, 6.45) is 2.67. The average Bonchev–Trinajstić information content (AvgIpc) is 2.94. The third-order valence-electron chi connectivity index (χ3n) is 3.52. The lowest BCUT2D eigenvalue weighted by molar-refractivity contribution is 0.102. The smallest absolute Gasteiger partial charge is 0.257 e. The number of hydrogen-bond donors (Lipinski definition) is 1. The molecule has 0 saturated heterocycles. The molecular formula is C19H18N2OS. The van der Waals surface area contributed by atoms with Gasteiger partial charge >= 0.3 is 0 Å². The number of nitrogens with zero attached hydrogens (tertiary/aromatic N) is 1. The van der Waals surface area contributed by atoms with Gasteiger partial charge in [-0.05, 0) is 31.5 Å². The van der Waals surface area contributed by atoms with E-state index in [1.807, 2.05) is 37.4 Å². The average molecular weight is 322 g/mol. The molecule has 3 rings (SSSR count). The minimum Gasteiger partial charge on any atom is -0.298 e. The van der Waals surface area contributed by atoms with Crippen LogP contribution in [0.15, 0.2) is 54.7 Å². The zero-order valence-corrected chi connectivity index (χ0v) is 14.0. The molecule has 0 radical (unpaired) electrons. The lowest BCUT2D eigenvalue weighted by atomic mass is 10.1. The van der Waals surface area contributed by atoms with Crippen LogP contribution in [0, 0.1) is 13.8 Å². The topological polar surface area (TPSA) is 42.0 Å². The van der Waals surface area contributed by atoms with Gasteiger partial charge in [-0.3, -0.25) is 10.1 Å². The molecule has 0 bridgehead atoms. The van der Waals surface area contributed by atoms with Gasteiger partial charge in [0.05, 0.1) is 0 Å². The summed E-state index contributed by atoms with van der Waals surface area (Å²) in [4.78, 5) is 17.7. The van der Waals surface area contributed by atoms with Gasteiger partial charge in [0.15, 0.2) is 5.13 Å². The van der Waals surface area contributed by atoms with Gasteiger partial charge < -0.3 is 0 Å². The molecule has 0 aliphatic rings. The van der Waals surface area contributed by atoms with E-state index < -0.39 is 0 Å². The summed E-state index contributed by atoms with van der Waals surface area (Å²) >= 11 is 1.52. The molecule has 0 aliphatic carbocycles. The number of aryl methyl sites for hydroxylation is 2. The molecule has 0 saturated carbocycles. The minimum atomic E-state index is -0.120. The van der Waals surface area contributed by atoms with Gasteiger partial charge in [-0.15, -0.1) is 11.3 Å². The first-order chi connectivity index (χ1) is 11.1. The highest BCUT2D eigenvalue weighted by molar-refractivity contribution is 7.15. The second-order valence-corrected chi connectivity index (χ2v) is 6.74.